The fourth-order valence-corrected chi connectivity index (χ4v) is 3.47. The lowest BCUT2D eigenvalue weighted by atomic mass is 9.85. The number of hydrogen-bond acceptors (Lipinski definition) is 4. The Morgan fingerprint density at radius 2 is 1.78 bits per heavy atom. The third kappa shape index (κ3) is 4.85. The summed E-state index contributed by atoms with van der Waals surface area (Å²) in [5, 5.41) is 8.68. The van der Waals surface area contributed by atoms with Gasteiger partial charge in [0.15, 0.2) is 0 Å². The number of carbonyl (C=O) groups excluding carboxylic acids is 2. The molecule has 2 saturated heterocycles. The average molecular weight is 321 g/mol. The van der Waals surface area contributed by atoms with E-state index in [1.54, 1.807) is 4.90 Å². The van der Waals surface area contributed by atoms with Gasteiger partial charge in [0, 0.05) is 26.2 Å². The van der Waals surface area contributed by atoms with Crippen LogP contribution in [0, 0.1) is 23.2 Å². The van der Waals surface area contributed by atoms with E-state index in [4.69, 9.17) is 10.00 Å². The Morgan fingerprint density at radius 1 is 1.13 bits per heavy atom. The van der Waals surface area contributed by atoms with Gasteiger partial charge in [0.25, 0.3) is 0 Å². The Hall–Kier alpha value is -1.77. The summed E-state index contributed by atoms with van der Waals surface area (Å²) in [5.41, 5.74) is -0.472. The highest BCUT2D eigenvalue weighted by molar-refractivity contribution is 5.78. The van der Waals surface area contributed by atoms with E-state index in [1.165, 1.54) is 0 Å². The Morgan fingerprint density at radius 3 is 2.43 bits per heavy atom. The van der Waals surface area contributed by atoms with Crippen LogP contribution < -0.4 is 0 Å². The predicted octanol–water partition coefficient (Wildman–Crippen LogP) is 2.40. The quantitative estimate of drug-likeness (QED) is 0.783. The third-order valence-corrected chi connectivity index (χ3v) is 4.58. The van der Waals surface area contributed by atoms with Crippen LogP contribution in [0.4, 0.5) is 4.79 Å². The third-order valence-electron chi connectivity index (χ3n) is 4.58. The molecule has 2 atom stereocenters. The van der Waals surface area contributed by atoms with Crippen LogP contribution in [0.2, 0.25) is 0 Å². The maximum atomic E-state index is 12.2. The summed E-state index contributed by atoms with van der Waals surface area (Å²) in [4.78, 5) is 27.7. The van der Waals surface area contributed by atoms with E-state index in [1.807, 2.05) is 31.7 Å². The van der Waals surface area contributed by atoms with Gasteiger partial charge in [-0.2, -0.15) is 5.26 Å². The van der Waals surface area contributed by atoms with Gasteiger partial charge in [-0.1, -0.05) is 0 Å². The molecule has 0 unspecified atom stereocenters. The zero-order chi connectivity index (χ0) is 17.0. The van der Waals surface area contributed by atoms with Gasteiger partial charge >= 0.3 is 6.09 Å². The maximum absolute atomic E-state index is 12.2. The van der Waals surface area contributed by atoms with Crippen molar-refractivity contribution >= 4 is 12.0 Å². The molecule has 2 heterocycles. The maximum Gasteiger partial charge on any atom is 0.410 e. The van der Waals surface area contributed by atoms with Crippen LogP contribution in [0.3, 0.4) is 0 Å². The molecule has 2 rings (SSSR count). The van der Waals surface area contributed by atoms with Gasteiger partial charge in [-0.25, -0.2) is 4.79 Å². The summed E-state index contributed by atoms with van der Waals surface area (Å²) >= 11 is 0. The lowest BCUT2D eigenvalue weighted by Gasteiger charge is -2.35. The number of amides is 2. The van der Waals surface area contributed by atoms with Crippen LogP contribution in [0.5, 0.6) is 0 Å². The number of likely N-dealkylation sites (tertiary alicyclic amines) is 2. The Balaban J connectivity index is 1.87. The summed E-state index contributed by atoms with van der Waals surface area (Å²) in [6, 6.07) is 1.93. The molecule has 0 spiro atoms. The van der Waals surface area contributed by atoms with E-state index in [0.717, 1.165) is 32.4 Å². The van der Waals surface area contributed by atoms with Gasteiger partial charge < -0.3 is 14.5 Å². The van der Waals surface area contributed by atoms with Gasteiger partial charge in [-0.3, -0.25) is 4.79 Å². The second-order valence-electron chi connectivity index (χ2n) is 7.55. The van der Waals surface area contributed by atoms with Crippen molar-refractivity contribution in [2.24, 2.45) is 11.8 Å². The Bertz CT molecular complexity index is 492. The van der Waals surface area contributed by atoms with Crippen LogP contribution in [-0.2, 0) is 9.53 Å². The first-order valence-corrected chi connectivity index (χ1v) is 8.43. The largest absolute Gasteiger partial charge is 0.444 e. The molecule has 0 bridgehead atoms. The van der Waals surface area contributed by atoms with Crippen LogP contribution in [0.25, 0.3) is 0 Å². The van der Waals surface area contributed by atoms with Crippen LogP contribution in [0.15, 0.2) is 0 Å². The molecule has 6 heteroatoms. The smallest absolute Gasteiger partial charge is 0.410 e. The van der Waals surface area contributed by atoms with Crippen molar-refractivity contribution in [2.75, 3.05) is 26.2 Å². The van der Waals surface area contributed by atoms with E-state index in [-0.39, 0.29) is 18.4 Å². The first-order valence-electron chi connectivity index (χ1n) is 8.43. The van der Waals surface area contributed by atoms with Crippen molar-refractivity contribution in [1.82, 2.24) is 9.80 Å². The zero-order valence-electron chi connectivity index (χ0n) is 14.4. The normalized spacial score (nSPS) is 25.1. The molecule has 2 aliphatic heterocycles. The Kier molecular flexibility index (Phi) is 5.51. The number of hydrogen-bond donors (Lipinski definition) is 0. The average Bonchev–Trinajstić information content (AvgIpc) is 2.96. The lowest BCUT2D eigenvalue weighted by molar-refractivity contribution is -0.132. The fourth-order valence-electron chi connectivity index (χ4n) is 3.47. The molecule has 23 heavy (non-hydrogen) atoms. The predicted molar refractivity (Wildman–Crippen MR) is 85.4 cm³/mol. The van der Waals surface area contributed by atoms with Crippen molar-refractivity contribution in [3.8, 4) is 6.07 Å². The lowest BCUT2D eigenvalue weighted by Crippen LogP contribution is -2.43. The number of nitrogens with zero attached hydrogens (tertiary/aromatic N) is 3. The topological polar surface area (TPSA) is 73.6 Å². The molecule has 0 aromatic heterocycles. The summed E-state index contributed by atoms with van der Waals surface area (Å²) in [7, 11) is 0. The van der Waals surface area contributed by atoms with Gasteiger partial charge in [-0.05, 0) is 51.9 Å². The van der Waals surface area contributed by atoms with Crippen molar-refractivity contribution in [2.45, 2.75) is 52.1 Å². The minimum absolute atomic E-state index is 0.0403. The summed E-state index contributed by atoms with van der Waals surface area (Å²) < 4.78 is 5.44. The summed E-state index contributed by atoms with van der Waals surface area (Å²) in [6.07, 6.45) is 2.74. The molecule has 2 aliphatic rings. The number of nitriles is 1. The van der Waals surface area contributed by atoms with Gasteiger partial charge in [0.1, 0.15) is 12.0 Å². The molecule has 2 fully saturated rings. The highest BCUT2D eigenvalue weighted by atomic mass is 16.6. The molecule has 128 valence electrons. The van der Waals surface area contributed by atoms with E-state index >= 15 is 0 Å². The van der Waals surface area contributed by atoms with E-state index in [0.29, 0.717) is 24.9 Å². The van der Waals surface area contributed by atoms with Crippen molar-refractivity contribution in [3.05, 3.63) is 0 Å². The first kappa shape index (κ1) is 17.6. The highest BCUT2D eigenvalue weighted by Crippen LogP contribution is 2.31. The molecule has 0 radical (unpaired) electrons. The molecule has 0 aliphatic carbocycles. The number of rotatable bonds is 2. The monoisotopic (exact) mass is 321 g/mol. The van der Waals surface area contributed by atoms with Crippen LogP contribution >= 0.6 is 0 Å². The SMILES string of the molecule is CC(C)(C)OC(=O)N1CC[C@H]([C@@H]2CCCN(C(=O)CC#N)C2)C1. The van der Waals surface area contributed by atoms with E-state index < -0.39 is 5.60 Å². The molecule has 2 amide bonds. The van der Waals surface area contributed by atoms with E-state index in [9.17, 15) is 9.59 Å². The summed E-state index contributed by atoms with van der Waals surface area (Å²) in [6.45, 7) is 8.52. The van der Waals surface area contributed by atoms with Gasteiger partial charge in [0.05, 0.1) is 6.07 Å². The number of ether oxygens (including phenoxy) is 1. The highest BCUT2D eigenvalue weighted by Gasteiger charge is 2.36. The number of carbonyl (C=O) groups is 2. The van der Waals surface area contributed by atoms with Gasteiger partial charge in [-0.15, -0.1) is 0 Å². The minimum Gasteiger partial charge on any atom is -0.444 e. The van der Waals surface area contributed by atoms with Crippen molar-refractivity contribution in [1.29, 1.82) is 5.26 Å². The molecular weight excluding hydrogens is 294 g/mol. The Labute approximate surface area is 138 Å². The van der Waals surface area contributed by atoms with Crippen molar-refractivity contribution in [3.63, 3.8) is 0 Å². The molecule has 0 aromatic carbocycles. The molecule has 0 aromatic rings. The molecule has 6 nitrogen and oxygen atoms in total. The summed E-state index contributed by atoms with van der Waals surface area (Å²) in [5.74, 6) is 0.762. The minimum atomic E-state index is -0.472. The standard InChI is InChI=1S/C17H27N3O3/c1-17(2,3)23-16(22)20-10-7-14(12-20)13-5-4-9-19(11-13)15(21)6-8-18/h13-14H,4-7,9-12H2,1-3H3/t13-,14+/m1/s1. The molecular formula is C17H27N3O3. The zero-order valence-corrected chi connectivity index (χ0v) is 14.4. The second kappa shape index (κ2) is 7.20. The number of piperidine rings is 1. The van der Waals surface area contributed by atoms with Crippen LogP contribution in [-0.4, -0.2) is 53.6 Å². The molecule has 0 saturated carbocycles. The van der Waals surface area contributed by atoms with Gasteiger partial charge in [0.2, 0.25) is 5.91 Å². The van der Waals surface area contributed by atoms with Crippen LogP contribution in [0.1, 0.15) is 46.5 Å². The van der Waals surface area contributed by atoms with Crippen molar-refractivity contribution < 1.29 is 14.3 Å². The molecule has 0 N–H and O–H groups in total. The fraction of sp³-hybridized carbons (Fsp3) is 0.824. The first-order chi connectivity index (χ1) is 10.8. The van der Waals surface area contributed by atoms with E-state index in [2.05, 4.69) is 0 Å². The second-order valence-corrected chi connectivity index (χ2v) is 7.55.